The Labute approximate surface area is 194 Å². The lowest BCUT2D eigenvalue weighted by Gasteiger charge is -2.30. The molecule has 0 bridgehead atoms. The van der Waals surface area contributed by atoms with E-state index in [0.717, 1.165) is 49.3 Å². The average molecular weight is 437 g/mol. The zero-order valence-corrected chi connectivity index (χ0v) is 19.0. The highest BCUT2D eigenvalue weighted by Gasteiger charge is 2.22. The number of aromatic nitrogens is 4. The average Bonchev–Trinajstić information content (AvgIpc) is 3.35. The van der Waals surface area contributed by atoms with Gasteiger partial charge in [0.2, 0.25) is 0 Å². The molecule has 0 unspecified atom stereocenters. The van der Waals surface area contributed by atoms with Crippen LogP contribution in [-0.4, -0.2) is 32.7 Å². The molecule has 2 aromatic heterocycles. The minimum Gasteiger partial charge on any atom is -0.356 e. The smallest absolute Gasteiger partial charge is 0.254 e. The highest BCUT2D eigenvalue weighted by atomic mass is 15.3. The normalized spacial score (nSPS) is 13.9. The molecule has 0 radical (unpaired) electrons. The molecule has 1 aliphatic rings. The molecular weight excluding hydrogens is 408 g/mol. The Morgan fingerprint density at radius 2 is 1.79 bits per heavy atom. The maximum atomic E-state index is 9.46. The van der Waals surface area contributed by atoms with Gasteiger partial charge in [0.1, 0.15) is 12.1 Å². The zero-order chi connectivity index (χ0) is 22.6. The third-order valence-electron chi connectivity index (χ3n) is 6.45. The van der Waals surface area contributed by atoms with E-state index in [-0.39, 0.29) is 0 Å². The fourth-order valence-corrected chi connectivity index (χ4v) is 4.80. The van der Waals surface area contributed by atoms with Crippen molar-refractivity contribution in [1.29, 1.82) is 5.26 Å². The summed E-state index contributed by atoms with van der Waals surface area (Å²) in [5.74, 6) is 1.75. The lowest BCUT2D eigenvalue weighted by Crippen LogP contribution is -2.32. The number of nitriles is 1. The molecule has 2 aromatic carbocycles. The van der Waals surface area contributed by atoms with Gasteiger partial charge in [0.15, 0.2) is 0 Å². The number of nitrogens with zero attached hydrogens (tertiary/aromatic N) is 6. The van der Waals surface area contributed by atoms with Crippen molar-refractivity contribution in [2.45, 2.75) is 45.4 Å². The fourth-order valence-electron chi connectivity index (χ4n) is 4.80. The molecule has 5 rings (SSSR count). The second kappa shape index (κ2) is 9.41. The maximum absolute atomic E-state index is 9.46. The molecule has 166 valence electrons. The van der Waals surface area contributed by atoms with Crippen LogP contribution >= 0.6 is 0 Å². The van der Waals surface area contributed by atoms with Gasteiger partial charge in [-0.15, -0.1) is 0 Å². The van der Waals surface area contributed by atoms with Crippen molar-refractivity contribution in [3.05, 3.63) is 77.2 Å². The predicted octanol–water partition coefficient (Wildman–Crippen LogP) is 5.20. The van der Waals surface area contributed by atoms with Crippen LogP contribution in [0.1, 0.15) is 55.0 Å². The molecule has 33 heavy (non-hydrogen) atoms. The van der Waals surface area contributed by atoms with E-state index >= 15 is 0 Å². The second-order valence-electron chi connectivity index (χ2n) is 8.66. The Hall–Kier alpha value is -3.72. The van der Waals surface area contributed by atoms with Crippen LogP contribution in [0.5, 0.6) is 0 Å². The first-order chi connectivity index (χ1) is 16.3. The quantitative estimate of drug-likeness (QED) is 0.416. The summed E-state index contributed by atoms with van der Waals surface area (Å²) in [6, 6.07) is 18.6. The molecule has 6 nitrogen and oxygen atoms in total. The Balaban J connectivity index is 1.55. The summed E-state index contributed by atoms with van der Waals surface area (Å²) >= 11 is 0. The third kappa shape index (κ3) is 4.19. The van der Waals surface area contributed by atoms with E-state index in [1.165, 1.54) is 36.1 Å². The van der Waals surface area contributed by atoms with Gasteiger partial charge in [-0.3, -0.25) is 0 Å². The summed E-state index contributed by atoms with van der Waals surface area (Å²) in [6.07, 6.45) is 8.06. The molecule has 0 saturated carbocycles. The van der Waals surface area contributed by atoms with Gasteiger partial charge in [0, 0.05) is 25.1 Å². The number of aryl methyl sites for hydroxylation is 1. The van der Waals surface area contributed by atoms with Crippen LogP contribution in [-0.2, 0) is 12.8 Å². The van der Waals surface area contributed by atoms with Gasteiger partial charge in [0.05, 0.1) is 17.3 Å². The van der Waals surface area contributed by atoms with Crippen LogP contribution in [0.2, 0.25) is 0 Å². The van der Waals surface area contributed by atoms with E-state index in [1.807, 2.05) is 28.8 Å². The third-order valence-corrected chi connectivity index (χ3v) is 6.45. The lowest BCUT2D eigenvalue weighted by atomic mass is 9.96. The predicted molar refractivity (Wildman–Crippen MR) is 130 cm³/mol. The highest BCUT2D eigenvalue weighted by molar-refractivity contribution is 5.70. The monoisotopic (exact) mass is 436 g/mol. The SMILES string of the molecule is CCCc1c(Cc2ccc(-c3ccccc3C#N)cc2)c(N2CCCCC2)nc2ncnn12. The van der Waals surface area contributed by atoms with Crippen LogP contribution in [0.15, 0.2) is 54.9 Å². The molecular formula is C27H28N6. The molecule has 0 atom stereocenters. The fraction of sp³-hybridized carbons (Fsp3) is 0.333. The van der Waals surface area contributed by atoms with Crippen LogP contribution in [0.4, 0.5) is 5.82 Å². The van der Waals surface area contributed by atoms with Crippen molar-refractivity contribution in [1.82, 2.24) is 19.6 Å². The lowest BCUT2D eigenvalue weighted by molar-refractivity contribution is 0.570. The van der Waals surface area contributed by atoms with Crippen molar-refractivity contribution >= 4 is 11.6 Å². The summed E-state index contributed by atoms with van der Waals surface area (Å²) in [5.41, 5.74) is 6.42. The number of rotatable bonds is 6. The van der Waals surface area contributed by atoms with E-state index < -0.39 is 0 Å². The van der Waals surface area contributed by atoms with Gasteiger partial charge >= 0.3 is 0 Å². The number of hydrogen-bond acceptors (Lipinski definition) is 5. The van der Waals surface area contributed by atoms with Crippen molar-refractivity contribution in [3.8, 4) is 17.2 Å². The summed E-state index contributed by atoms with van der Waals surface area (Å²) < 4.78 is 1.92. The Kier molecular flexibility index (Phi) is 6.03. The standard InChI is InChI=1S/C27H28N6/c1-2-8-25-24(26(32-15-6-3-7-16-32)31-27-29-19-30-33(25)27)17-20-11-13-21(14-12-20)23-10-5-4-9-22(23)18-28/h4-5,9-14,19H,2-3,6-8,15-17H2,1H3. The maximum Gasteiger partial charge on any atom is 0.254 e. The Morgan fingerprint density at radius 3 is 2.55 bits per heavy atom. The number of hydrogen-bond donors (Lipinski definition) is 0. The minimum absolute atomic E-state index is 0.686. The van der Waals surface area contributed by atoms with Gasteiger partial charge < -0.3 is 4.90 Å². The summed E-state index contributed by atoms with van der Waals surface area (Å²) in [5, 5.41) is 14.0. The van der Waals surface area contributed by atoms with E-state index in [4.69, 9.17) is 4.98 Å². The number of fused-ring (bicyclic) bond motifs is 1. The molecule has 1 fully saturated rings. The van der Waals surface area contributed by atoms with Crippen LogP contribution < -0.4 is 4.90 Å². The number of anilines is 1. The second-order valence-corrected chi connectivity index (χ2v) is 8.66. The van der Waals surface area contributed by atoms with Crippen LogP contribution in [0.25, 0.3) is 16.9 Å². The molecule has 0 aliphatic carbocycles. The molecule has 0 spiro atoms. The van der Waals surface area contributed by atoms with Crippen LogP contribution in [0.3, 0.4) is 0 Å². The molecule has 6 heteroatoms. The van der Waals surface area contributed by atoms with Crippen molar-refractivity contribution in [2.24, 2.45) is 0 Å². The van der Waals surface area contributed by atoms with Crippen molar-refractivity contribution in [2.75, 3.05) is 18.0 Å². The van der Waals surface area contributed by atoms with E-state index in [9.17, 15) is 5.26 Å². The molecule has 4 aromatic rings. The van der Waals surface area contributed by atoms with Crippen molar-refractivity contribution < 1.29 is 0 Å². The van der Waals surface area contributed by atoms with Gasteiger partial charge in [-0.05, 0) is 48.4 Å². The molecule has 0 amide bonds. The first kappa shape index (κ1) is 21.1. The van der Waals surface area contributed by atoms with E-state index in [0.29, 0.717) is 11.3 Å². The molecule has 0 N–H and O–H groups in total. The highest BCUT2D eigenvalue weighted by Crippen LogP contribution is 2.30. The number of benzene rings is 2. The molecule has 3 heterocycles. The van der Waals surface area contributed by atoms with Gasteiger partial charge in [-0.1, -0.05) is 55.8 Å². The van der Waals surface area contributed by atoms with Crippen molar-refractivity contribution in [3.63, 3.8) is 0 Å². The topological polar surface area (TPSA) is 70.1 Å². The van der Waals surface area contributed by atoms with E-state index in [1.54, 1.807) is 6.33 Å². The largest absolute Gasteiger partial charge is 0.356 e. The first-order valence-electron chi connectivity index (χ1n) is 11.8. The molecule has 1 saturated heterocycles. The zero-order valence-electron chi connectivity index (χ0n) is 19.0. The van der Waals surface area contributed by atoms with Gasteiger partial charge in [-0.25, -0.2) is 4.52 Å². The van der Waals surface area contributed by atoms with E-state index in [2.05, 4.69) is 52.2 Å². The van der Waals surface area contributed by atoms with Gasteiger partial charge in [-0.2, -0.15) is 20.3 Å². The van der Waals surface area contributed by atoms with Crippen LogP contribution in [0, 0.1) is 11.3 Å². The summed E-state index contributed by atoms with van der Waals surface area (Å²) in [6.45, 7) is 4.29. The first-order valence-corrected chi connectivity index (χ1v) is 11.8. The Morgan fingerprint density at radius 1 is 1.00 bits per heavy atom. The Bertz CT molecular complexity index is 1290. The van der Waals surface area contributed by atoms with Gasteiger partial charge in [0.25, 0.3) is 5.78 Å². The summed E-state index contributed by atoms with van der Waals surface area (Å²) in [4.78, 5) is 11.8. The number of piperidine rings is 1. The minimum atomic E-state index is 0.686. The summed E-state index contributed by atoms with van der Waals surface area (Å²) in [7, 11) is 0. The molecule has 1 aliphatic heterocycles.